The molecule has 128 valence electrons. The van der Waals surface area contributed by atoms with E-state index < -0.39 is 0 Å². The van der Waals surface area contributed by atoms with Crippen molar-refractivity contribution in [2.45, 2.75) is 6.42 Å². The van der Waals surface area contributed by atoms with E-state index in [0.717, 1.165) is 47.0 Å². The van der Waals surface area contributed by atoms with Gasteiger partial charge in [0.1, 0.15) is 28.8 Å². The van der Waals surface area contributed by atoms with Crippen molar-refractivity contribution in [3.8, 4) is 28.4 Å². The van der Waals surface area contributed by atoms with E-state index in [1.807, 2.05) is 22.9 Å². The first-order valence-electron chi connectivity index (χ1n) is 8.05. The standard InChI is InChI=1S/C19H18FN3O2/c1-24-14-7-8-15(17(11-14)25-2)18-16-9-10-21-19(16)23(22-18)13-5-3-12(20)4-6-13/h3-8,11,21H,9-10H2,1-2H3. The summed E-state index contributed by atoms with van der Waals surface area (Å²) in [5.41, 5.74) is 3.71. The molecule has 6 heteroatoms. The van der Waals surface area contributed by atoms with Crippen molar-refractivity contribution in [3.05, 3.63) is 53.8 Å². The van der Waals surface area contributed by atoms with Gasteiger partial charge in [0.05, 0.1) is 19.9 Å². The zero-order valence-electron chi connectivity index (χ0n) is 14.0. The number of nitrogens with one attached hydrogen (secondary N) is 1. The number of methoxy groups -OCH3 is 2. The van der Waals surface area contributed by atoms with E-state index in [2.05, 4.69) is 5.32 Å². The Morgan fingerprint density at radius 3 is 2.60 bits per heavy atom. The summed E-state index contributed by atoms with van der Waals surface area (Å²) >= 11 is 0. The molecule has 4 rings (SSSR count). The van der Waals surface area contributed by atoms with Crippen LogP contribution in [-0.4, -0.2) is 30.5 Å². The molecule has 0 unspecified atom stereocenters. The summed E-state index contributed by atoms with van der Waals surface area (Å²) in [4.78, 5) is 0. The maximum Gasteiger partial charge on any atom is 0.133 e. The van der Waals surface area contributed by atoms with Gasteiger partial charge in [0.2, 0.25) is 0 Å². The second-order valence-corrected chi connectivity index (χ2v) is 5.81. The Morgan fingerprint density at radius 1 is 1.08 bits per heavy atom. The van der Waals surface area contributed by atoms with Gasteiger partial charge in [-0.05, 0) is 42.8 Å². The molecule has 0 amide bonds. The van der Waals surface area contributed by atoms with Gasteiger partial charge in [-0.3, -0.25) is 0 Å². The SMILES string of the molecule is COc1ccc(-c2nn(-c3ccc(F)cc3)c3c2CCN3)c(OC)c1. The fourth-order valence-electron chi connectivity index (χ4n) is 3.15. The Hall–Kier alpha value is -3.02. The average molecular weight is 339 g/mol. The summed E-state index contributed by atoms with van der Waals surface area (Å²) in [6.07, 6.45) is 0.876. The van der Waals surface area contributed by atoms with Crippen LogP contribution in [0.3, 0.4) is 0 Å². The fourth-order valence-corrected chi connectivity index (χ4v) is 3.15. The van der Waals surface area contributed by atoms with Crippen LogP contribution in [0, 0.1) is 5.82 Å². The monoisotopic (exact) mass is 339 g/mol. The fraction of sp³-hybridized carbons (Fsp3) is 0.211. The lowest BCUT2D eigenvalue weighted by atomic mass is 10.1. The molecule has 1 aliphatic rings. The zero-order chi connectivity index (χ0) is 17.4. The molecular formula is C19H18FN3O2. The molecule has 5 nitrogen and oxygen atoms in total. The van der Waals surface area contributed by atoms with Crippen LogP contribution >= 0.6 is 0 Å². The van der Waals surface area contributed by atoms with Crippen molar-refractivity contribution < 1.29 is 13.9 Å². The number of hydrogen-bond acceptors (Lipinski definition) is 4. The van der Waals surface area contributed by atoms with Crippen LogP contribution in [0.4, 0.5) is 10.2 Å². The van der Waals surface area contributed by atoms with Crippen molar-refractivity contribution in [2.75, 3.05) is 26.1 Å². The number of benzene rings is 2. The van der Waals surface area contributed by atoms with E-state index in [-0.39, 0.29) is 5.82 Å². The van der Waals surface area contributed by atoms with E-state index >= 15 is 0 Å². The number of aromatic nitrogens is 2. The van der Waals surface area contributed by atoms with Crippen LogP contribution in [0.2, 0.25) is 0 Å². The molecule has 1 N–H and O–H groups in total. The summed E-state index contributed by atoms with van der Waals surface area (Å²) in [6, 6.07) is 12.0. The molecule has 0 spiro atoms. The van der Waals surface area contributed by atoms with Crippen LogP contribution in [0.15, 0.2) is 42.5 Å². The molecule has 0 bridgehead atoms. The molecule has 0 fully saturated rings. The van der Waals surface area contributed by atoms with Crippen LogP contribution in [0.25, 0.3) is 16.9 Å². The van der Waals surface area contributed by atoms with Crippen molar-refractivity contribution in [3.63, 3.8) is 0 Å². The van der Waals surface area contributed by atoms with Gasteiger partial charge in [0, 0.05) is 23.7 Å². The number of fused-ring (bicyclic) bond motifs is 1. The van der Waals surface area contributed by atoms with Crippen molar-refractivity contribution >= 4 is 5.82 Å². The van der Waals surface area contributed by atoms with Gasteiger partial charge >= 0.3 is 0 Å². The minimum absolute atomic E-state index is 0.266. The largest absolute Gasteiger partial charge is 0.497 e. The first-order chi connectivity index (χ1) is 12.2. The Balaban J connectivity index is 1.87. The molecule has 3 aromatic rings. The summed E-state index contributed by atoms with van der Waals surface area (Å²) in [6.45, 7) is 0.847. The second kappa shape index (κ2) is 6.12. The summed E-state index contributed by atoms with van der Waals surface area (Å²) in [5.74, 6) is 2.11. The minimum Gasteiger partial charge on any atom is -0.497 e. The van der Waals surface area contributed by atoms with Crippen LogP contribution in [0.1, 0.15) is 5.56 Å². The van der Waals surface area contributed by atoms with E-state index in [1.165, 1.54) is 12.1 Å². The predicted molar refractivity (Wildman–Crippen MR) is 94.3 cm³/mol. The smallest absolute Gasteiger partial charge is 0.133 e. The molecule has 2 aromatic carbocycles. The topological polar surface area (TPSA) is 48.3 Å². The highest BCUT2D eigenvalue weighted by Crippen LogP contribution is 2.39. The highest BCUT2D eigenvalue weighted by Gasteiger charge is 2.25. The molecule has 0 atom stereocenters. The van der Waals surface area contributed by atoms with Gasteiger partial charge in [-0.25, -0.2) is 9.07 Å². The molecule has 2 heterocycles. The highest BCUT2D eigenvalue weighted by atomic mass is 19.1. The number of ether oxygens (including phenoxy) is 2. The van der Waals surface area contributed by atoms with Gasteiger partial charge < -0.3 is 14.8 Å². The Labute approximate surface area is 145 Å². The summed E-state index contributed by atoms with van der Waals surface area (Å²) in [5, 5.41) is 8.15. The number of anilines is 1. The summed E-state index contributed by atoms with van der Waals surface area (Å²) in [7, 11) is 3.26. The maximum atomic E-state index is 13.2. The Morgan fingerprint density at radius 2 is 1.88 bits per heavy atom. The van der Waals surface area contributed by atoms with Gasteiger partial charge in [-0.1, -0.05) is 0 Å². The molecule has 25 heavy (non-hydrogen) atoms. The van der Waals surface area contributed by atoms with Crippen LogP contribution < -0.4 is 14.8 Å². The second-order valence-electron chi connectivity index (χ2n) is 5.81. The lowest BCUT2D eigenvalue weighted by molar-refractivity contribution is 0.395. The lowest BCUT2D eigenvalue weighted by Crippen LogP contribution is -2.04. The van der Waals surface area contributed by atoms with Crippen LogP contribution in [-0.2, 0) is 6.42 Å². The van der Waals surface area contributed by atoms with Crippen LogP contribution in [0.5, 0.6) is 11.5 Å². The van der Waals surface area contributed by atoms with E-state index in [9.17, 15) is 4.39 Å². The zero-order valence-corrected chi connectivity index (χ0v) is 14.0. The van der Waals surface area contributed by atoms with Gasteiger partial charge in [-0.2, -0.15) is 5.10 Å². The lowest BCUT2D eigenvalue weighted by Gasteiger charge is -2.09. The number of halogens is 1. The molecule has 0 aliphatic carbocycles. The normalized spacial score (nSPS) is 12.6. The third-order valence-corrected chi connectivity index (χ3v) is 4.39. The van der Waals surface area contributed by atoms with E-state index in [1.54, 1.807) is 26.4 Å². The molecule has 1 aliphatic heterocycles. The third-order valence-electron chi connectivity index (χ3n) is 4.39. The van der Waals surface area contributed by atoms with E-state index in [4.69, 9.17) is 14.6 Å². The molecular weight excluding hydrogens is 321 g/mol. The maximum absolute atomic E-state index is 13.2. The van der Waals surface area contributed by atoms with Gasteiger partial charge in [-0.15, -0.1) is 0 Å². The van der Waals surface area contributed by atoms with Crippen molar-refractivity contribution in [1.29, 1.82) is 0 Å². The molecule has 0 radical (unpaired) electrons. The first kappa shape index (κ1) is 15.5. The first-order valence-corrected chi connectivity index (χ1v) is 8.05. The number of hydrogen-bond donors (Lipinski definition) is 1. The van der Waals surface area contributed by atoms with Gasteiger partial charge in [0.25, 0.3) is 0 Å². The van der Waals surface area contributed by atoms with Crippen molar-refractivity contribution in [1.82, 2.24) is 9.78 Å². The molecule has 0 saturated carbocycles. The minimum atomic E-state index is -0.266. The predicted octanol–water partition coefficient (Wildman–Crippen LogP) is 3.66. The van der Waals surface area contributed by atoms with Crippen molar-refractivity contribution in [2.24, 2.45) is 0 Å². The Bertz CT molecular complexity index is 919. The van der Waals surface area contributed by atoms with Gasteiger partial charge in [0.15, 0.2) is 0 Å². The number of nitrogens with zero attached hydrogens (tertiary/aromatic N) is 2. The number of rotatable bonds is 4. The molecule has 1 aromatic heterocycles. The third kappa shape index (κ3) is 2.59. The average Bonchev–Trinajstić information content (AvgIpc) is 3.25. The van der Waals surface area contributed by atoms with E-state index in [0.29, 0.717) is 5.75 Å². The molecule has 0 saturated heterocycles. The highest BCUT2D eigenvalue weighted by molar-refractivity contribution is 5.77. The summed E-state index contributed by atoms with van der Waals surface area (Å²) < 4.78 is 25.9. The Kier molecular flexibility index (Phi) is 3.80. The quantitative estimate of drug-likeness (QED) is 0.788.